The number of aromatic nitrogens is 1. The summed E-state index contributed by atoms with van der Waals surface area (Å²) in [6.07, 6.45) is 2.47. The van der Waals surface area contributed by atoms with Crippen molar-refractivity contribution in [1.29, 1.82) is 0 Å². The van der Waals surface area contributed by atoms with Crippen LogP contribution in [0.2, 0.25) is 0 Å². The molecule has 1 spiro atoms. The van der Waals surface area contributed by atoms with E-state index in [0.29, 0.717) is 37.5 Å². The lowest BCUT2D eigenvalue weighted by Gasteiger charge is -2.40. The van der Waals surface area contributed by atoms with E-state index in [1.807, 2.05) is 0 Å². The van der Waals surface area contributed by atoms with Crippen LogP contribution in [-0.2, 0) is 4.74 Å². The van der Waals surface area contributed by atoms with Crippen LogP contribution in [-0.4, -0.2) is 53.8 Å². The molecule has 0 aliphatic carbocycles. The van der Waals surface area contributed by atoms with Crippen LogP contribution in [0.25, 0.3) is 5.69 Å². The number of carbonyl (C=O) groups excluding carboxylic acids is 1. The van der Waals surface area contributed by atoms with E-state index < -0.39 is 5.56 Å². The zero-order valence-corrected chi connectivity index (χ0v) is 16.4. The molecule has 1 amide bonds. The van der Waals surface area contributed by atoms with E-state index in [2.05, 4.69) is 5.32 Å². The SMILES string of the molecule is Cc1ccn(-c2ccc(F)cc2)c(=O)c1C(=O)N1CCOC2(CCNC2)C1.Cl. The van der Waals surface area contributed by atoms with Crippen molar-refractivity contribution in [3.05, 3.63) is 63.8 Å². The Kier molecular flexibility index (Phi) is 5.88. The Bertz CT molecular complexity index is 923. The van der Waals surface area contributed by atoms with Crippen LogP contribution in [0.1, 0.15) is 22.3 Å². The lowest BCUT2D eigenvalue weighted by atomic mass is 9.99. The summed E-state index contributed by atoms with van der Waals surface area (Å²) in [5.74, 6) is -0.650. The molecule has 1 unspecified atom stereocenters. The summed E-state index contributed by atoms with van der Waals surface area (Å²) in [7, 11) is 0. The first kappa shape index (κ1) is 20.5. The number of aryl methyl sites for hydroxylation is 1. The van der Waals surface area contributed by atoms with E-state index >= 15 is 0 Å². The van der Waals surface area contributed by atoms with Gasteiger partial charge in [0.05, 0.1) is 18.8 Å². The summed E-state index contributed by atoms with van der Waals surface area (Å²) in [5, 5.41) is 3.28. The highest BCUT2D eigenvalue weighted by Crippen LogP contribution is 2.25. The number of morpholine rings is 1. The Labute approximate surface area is 168 Å². The van der Waals surface area contributed by atoms with Crippen molar-refractivity contribution in [2.75, 3.05) is 32.8 Å². The Balaban J connectivity index is 0.00000225. The summed E-state index contributed by atoms with van der Waals surface area (Å²) in [5.41, 5.74) is 0.566. The number of amides is 1. The fourth-order valence-electron chi connectivity index (χ4n) is 3.85. The van der Waals surface area contributed by atoms with Gasteiger partial charge in [-0.2, -0.15) is 0 Å². The minimum absolute atomic E-state index is 0. The zero-order valence-electron chi connectivity index (χ0n) is 15.6. The van der Waals surface area contributed by atoms with E-state index in [1.165, 1.54) is 28.8 Å². The second kappa shape index (κ2) is 8.03. The van der Waals surface area contributed by atoms with Gasteiger partial charge in [-0.3, -0.25) is 14.2 Å². The number of benzene rings is 1. The molecule has 3 heterocycles. The standard InChI is InChI=1S/C20H22FN3O3.ClH/c1-14-6-9-24(16-4-2-15(21)3-5-16)19(26)17(14)18(25)23-10-11-27-20(13-23)7-8-22-12-20;/h2-6,9,22H,7-8,10-13H2,1H3;1H. The van der Waals surface area contributed by atoms with Crippen LogP contribution in [0.5, 0.6) is 0 Å². The third kappa shape index (κ3) is 3.70. The lowest BCUT2D eigenvalue weighted by Crippen LogP contribution is -2.55. The average Bonchev–Trinajstić information content (AvgIpc) is 3.10. The van der Waals surface area contributed by atoms with Gasteiger partial charge < -0.3 is 15.0 Å². The predicted molar refractivity (Wildman–Crippen MR) is 106 cm³/mol. The molecule has 150 valence electrons. The normalized spacial score (nSPS) is 21.6. The first-order valence-corrected chi connectivity index (χ1v) is 9.11. The molecule has 0 saturated carbocycles. The van der Waals surface area contributed by atoms with Crippen LogP contribution in [0, 0.1) is 12.7 Å². The van der Waals surface area contributed by atoms with Crippen molar-refractivity contribution in [2.45, 2.75) is 18.9 Å². The van der Waals surface area contributed by atoms with E-state index in [9.17, 15) is 14.0 Å². The first-order valence-electron chi connectivity index (χ1n) is 9.11. The van der Waals surface area contributed by atoms with Crippen molar-refractivity contribution in [2.24, 2.45) is 0 Å². The number of hydrogen-bond acceptors (Lipinski definition) is 4. The Morgan fingerprint density at radius 1 is 1.25 bits per heavy atom. The second-order valence-electron chi connectivity index (χ2n) is 7.21. The molecule has 28 heavy (non-hydrogen) atoms. The van der Waals surface area contributed by atoms with Gasteiger partial charge >= 0.3 is 0 Å². The highest BCUT2D eigenvalue weighted by atomic mass is 35.5. The molecule has 0 bridgehead atoms. The maximum Gasteiger partial charge on any atom is 0.268 e. The lowest BCUT2D eigenvalue weighted by molar-refractivity contribution is -0.0867. The summed E-state index contributed by atoms with van der Waals surface area (Å²) >= 11 is 0. The second-order valence-corrected chi connectivity index (χ2v) is 7.21. The summed E-state index contributed by atoms with van der Waals surface area (Å²) in [4.78, 5) is 28.0. The first-order chi connectivity index (χ1) is 13.0. The maximum absolute atomic E-state index is 13.2. The van der Waals surface area contributed by atoms with E-state index in [-0.39, 0.29) is 35.3 Å². The Hall–Kier alpha value is -2.22. The highest BCUT2D eigenvalue weighted by Gasteiger charge is 2.41. The van der Waals surface area contributed by atoms with Crippen LogP contribution >= 0.6 is 12.4 Å². The number of nitrogens with one attached hydrogen (secondary N) is 1. The number of rotatable bonds is 2. The molecule has 1 aromatic carbocycles. The van der Waals surface area contributed by atoms with Gasteiger partial charge in [0.25, 0.3) is 11.5 Å². The zero-order chi connectivity index (χ0) is 19.0. The molecule has 2 saturated heterocycles. The van der Waals surface area contributed by atoms with E-state index in [1.54, 1.807) is 24.1 Å². The number of halogens is 2. The van der Waals surface area contributed by atoms with E-state index in [0.717, 1.165) is 13.0 Å². The predicted octanol–water partition coefficient (Wildman–Crippen LogP) is 1.91. The average molecular weight is 408 g/mol. The van der Waals surface area contributed by atoms with Gasteiger partial charge in [-0.1, -0.05) is 0 Å². The summed E-state index contributed by atoms with van der Waals surface area (Å²) in [6.45, 7) is 4.74. The van der Waals surface area contributed by atoms with Gasteiger partial charge in [0, 0.05) is 25.0 Å². The molecule has 1 aromatic heterocycles. The Morgan fingerprint density at radius 3 is 2.68 bits per heavy atom. The Morgan fingerprint density at radius 2 is 2.00 bits per heavy atom. The largest absolute Gasteiger partial charge is 0.370 e. The third-order valence-electron chi connectivity index (χ3n) is 5.36. The van der Waals surface area contributed by atoms with Gasteiger partial charge in [0.1, 0.15) is 11.4 Å². The van der Waals surface area contributed by atoms with E-state index in [4.69, 9.17) is 4.74 Å². The van der Waals surface area contributed by atoms with Crippen LogP contribution in [0.4, 0.5) is 4.39 Å². The quantitative estimate of drug-likeness (QED) is 0.826. The minimum Gasteiger partial charge on any atom is -0.370 e. The molecule has 4 rings (SSSR count). The number of pyridine rings is 1. The van der Waals surface area contributed by atoms with Crippen molar-refractivity contribution < 1.29 is 13.9 Å². The number of ether oxygens (including phenoxy) is 1. The molecule has 6 nitrogen and oxygen atoms in total. The highest BCUT2D eigenvalue weighted by molar-refractivity contribution is 5.95. The summed E-state index contributed by atoms with van der Waals surface area (Å²) < 4.78 is 20.5. The monoisotopic (exact) mass is 407 g/mol. The maximum atomic E-state index is 13.2. The van der Waals surface area contributed by atoms with Crippen molar-refractivity contribution in [1.82, 2.24) is 14.8 Å². The van der Waals surface area contributed by atoms with Gasteiger partial charge in [0.2, 0.25) is 0 Å². The van der Waals surface area contributed by atoms with Crippen molar-refractivity contribution in [3.63, 3.8) is 0 Å². The molecular weight excluding hydrogens is 385 g/mol. The number of carbonyl (C=O) groups is 1. The number of hydrogen-bond donors (Lipinski definition) is 1. The number of nitrogens with zero attached hydrogens (tertiary/aromatic N) is 2. The molecule has 2 aliphatic heterocycles. The molecule has 2 aliphatic rings. The molecule has 2 aromatic rings. The fourth-order valence-corrected chi connectivity index (χ4v) is 3.85. The molecule has 1 N–H and O–H groups in total. The fraction of sp³-hybridized carbons (Fsp3) is 0.400. The van der Waals surface area contributed by atoms with Crippen LogP contribution in [0.15, 0.2) is 41.3 Å². The van der Waals surface area contributed by atoms with Crippen molar-refractivity contribution in [3.8, 4) is 5.69 Å². The molecule has 0 radical (unpaired) electrons. The van der Waals surface area contributed by atoms with Crippen LogP contribution in [0.3, 0.4) is 0 Å². The summed E-state index contributed by atoms with van der Waals surface area (Å²) in [6, 6.07) is 7.37. The van der Waals surface area contributed by atoms with Gasteiger partial charge in [-0.05, 0) is 55.8 Å². The van der Waals surface area contributed by atoms with Crippen LogP contribution < -0.4 is 10.9 Å². The van der Waals surface area contributed by atoms with Gasteiger partial charge in [0.15, 0.2) is 0 Å². The van der Waals surface area contributed by atoms with Crippen molar-refractivity contribution >= 4 is 18.3 Å². The van der Waals surface area contributed by atoms with Gasteiger partial charge in [-0.15, -0.1) is 12.4 Å². The molecule has 2 fully saturated rings. The molecule has 1 atom stereocenters. The smallest absolute Gasteiger partial charge is 0.268 e. The minimum atomic E-state index is -0.392. The third-order valence-corrected chi connectivity index (χ3v) is 5.36. The molecule has 8 heteroatoms. The topological polar surface area (TPSA) is 63.6 Å². The molecular formula is C20H23ClFN3O3. The van der Waals surface area contributed by atoms with Gasteiger partial charge in [-0.25, -0.2) is 4.39 Å².